The Morgan fingerprint density at radius 1 is 1.09 bits per heavy atom. The minimum absolute atomic E-state index is 0.176. The van der Waals surface area contributed by atoms with Crippen molar-refractivity contribution in [3.05, 3.63) is 68.9 Å². The van der Waals surface area contributed by atoms with Gasteiger partial charge in [-0.2, -0.15) is 0 Å². The summed E-state index contributed by atoms with van der Waals surface area (Å²) in [5.74, 6) is -1.55. The minimum atomic E-state index is -1.35. The van der Waals surface area contributed by atoms with Crippen LogP contribution in [-0.4, -0.2) is 40.7 Å². The molecule has 33 heavy (non-hydrogen) atoms. The maximum Gasteiger partial charge on any atom is 0.292 e. The summed E-state index contributed by atoms with van der Waals surface area (Å²) in [6.07, 6.45) is 3.80. The molecule has 170 valence electrons. The topological polar surface area (TPSA) is 86.6 Å². The number of carbonyl (C=O) groups is 1. The molecule has 1 saturated heterocycles. The highest BCUT2D eigenvalue weighted by atomic mass is 79.9. The van der Waals surface area contributed by atoms with Crippen LogP contribution >= 0.6 is 15.9 Å². The molecule has 0 saturated carbocycles. The Morgan fingerprint density at radius 3 is 2.67 bits per heavy atom. The molecule has 2 aliphatic heterocycles. The van der Waals surface area contributed by atoms with E-state index in [0.717, 1.165) is 27.7 Å². The number of carbonyl (C=O) groups excluding carboxylic acids is 1. The molecule has 8 nitrogen and oxygen atoms in total. The van der Waals surface area contributed by atoms with E-state index in [0.29, 0.717) is 50.0 Å². The zero-order valence-electron chi connectivity index (χ0n) is 18.0. The molecule has 5 rings (SSSR count). The molecular weight excluding hydrogens is 488 g/mol. The van der Waals surface area contributed by atoms with Crippen molar-refractivity contribution in [2.75, 3.05) is 24.7 Å². The van der Waals surface area contributed by atoms with Crippen molar-refractivity contribution in [2.45, 2.75) is 31.6 Å². The number of fused-ring (bicyclic) bond motifs is 3. The van der Waals surface area contributed by atoms with Gasteiger partial charge in [0.2, 0.25) is 0 Å². The smallest absolute Gasteiger partial charge is 0.292 e. The third-order valence-electron chi connectivity index (χ3n) is 6.02. The second-order valence-electron chi connectivity index (χ2n) is 8.09. The molecule has 1 amide bonds. The predicted molar refractivity (Wildman–Crippen MR) is 128 cm³/mol. The first kappa shape index (κ1) is 21.9. The fraction of sp³-hybridized carbons (Fsp3) is 0.333. The summed E-state index contributed by atoms with van der Waals surface area (Å²) in [7, 11) is 0. The van der Waals surface area contributed by atoms with Crippen LogP contribution in [0.3, 0.4) is 0 Å². The second-order valence-corrected chi connectivity index (χ2v) is 9.01. The van der Waals surface area contributed by atoms with Crippen molar-refractivity contribution < 1.29 is 14.3 Å². The van der Waals surface area contributed by atoms with Gasteiger partial charge in [-0.15, -0.1) is 5.10 Å². The maximum atomic E-state index is 13.3. The number of amides is 1. The highest BCUT2D eigenvalue weighted by Crippen LogP contribution is 2.46. The van der Waals surface area contributed by atoms with Gasteiger partial charge >= 0.3 is 0 Å². The lowest BCUT2D eigenvalue weighted by Gasteiger charge is -2.32. The SMILES string of the molecule is C=Cc1ccc2c(=O)n(CCCCN3C(=O)C4(OCCCO4)c4ccc(Br)cc43)nnc2c1. The Labute approximate surface area is 198 Å². The largest absolute Gasteiger partial charge is 0.338 e. The van der Waals surface area contributed by atoms with Crippen LogP contribution in [-0.2, 0) is 26.6 Å². The van der Waals surface area contributed by atoms with Crippen LogP contribution in [0.5, 0.6) is 0 Å². The van der Waals surface area contributed by atoms with Gasteiger partial charge in [-0.05, 0) is 55.2 Å². The van der Waals surface area contributed by atoms with E-state index in [-0.39, 0.29) is 11.5 Å². The van der Waals surface area contributed by atoms with Gasteiger partial charge in [0.1, 0.15) is 5.52 Å². The zero-order chi connectivity index (χ0) is 23.0. The quantitative estimate of drug-likeness (QED) is 0.470. The molecule has 0 bridgehead atoms. The van der Waals surface area contributed by atoms with E-state index in [1.165, 1.54) is 4.68 Å². The minimum Gasteiger partial charge on any atom is -0.338 e. The lowest BCUT2D eigenvalue weighted by molar-refractivity contribution is -0.256. The van der Waals surface area contributed by atoms with Gasteiger partial charge in [-0.1, -0.05) is 39.9 Å². The first-order valence-electron chi connectivity index (χ1n) is 10.9. The molecule has 1 aromatic heterocycles. The number of halogens is 1. The van der Waals surface area contributed by atoms with Gasteiger partial charge in [0, 0.05) is 23.1 Å². The number of aryl methyl sites for hydroxylation is 1. The molecule has 1 spiro atoms. The van der Waals surface area contributed by atoms with E-state index < -0.39 is 5.79 Å². The molecule has 0 aliphatic carbocycles. The van der Waals surface area contributed by atoms with Gasteiger partial charge in [-0.25, -0.2) is 4.68 Å². The summed E-state index contributed by atoms with van der Waals surface area (Å²) in [4.78, 5) is 27.8. The Bertz CT molecular complexity index is 1300. The molecule has 3 heterocycles. The summed E-state index contributed by atoms with van der Waals surface area (Å²) < 4.78 is 14.0. The number of benzene rings is 2. The fourth-order valence-electron chi connectivity index (χ4n) is 4.34. The summed E-state index contributed by atoms with van der Waals surface area (Å²) >= 11 is 3.50. The van der Waals surface area contributed by atoms with Gasteiger partial charge in [0.15, 0.2) is 0 Å². The third-order valence-corrected chi connectivity index (χ3v) is 6.51. The molecule has 0 unspecified atom stereocenters. The molecular formula is C24H23BrN4O4. The van der Waals surface area contributed by atoms with Crippen molar-refractivity contribution in [3.63, 3.8) is 0 Å². The lowest BCUT2D eigenvalue weighted by Crippen LogP contribution is -2.47. The zero-order valence-corrected chi connectivity index (χ0v) is 19.6. The summed E-state index contributed by atoms with van der Waals surface area (Å²) in [6, 6.07) is 11.1. The Morgan fingerprint density at radius 2 is 1.88 bits per heavy atom. The Hall–Kier alpha value is -2.88. The van der Waals surface area contributed by atoms with Crippen LogP contribution in [0.2, 0.25) is 0 Å². The Kier molecular flexibility index (Phi) is 5.86. The van der Waals surface area contributed by atoms with Gasteiger partial charge in [-0.3, -0.25) is 9.59 Å². The number of ether oxygens (including phenoxy) is 2. The van der Waals surface area contributed by atoms with Crippen LogP contribution in [0, 0.1) is 0 Å². The summed E-state index contributed by atoms with van der Waals surface area (Å²) in [6.45, 7) is 5.59. The van der Waals surface area contributed by atoms with Gasteiger partial charge in [0.05, 0.1) is 24.3 Å². The highest BCUT2D eigenvalue weighted by molar-refractivity contribution is 9.10. The average molecular weight is 511 g/mol. The standard InChI is InChI=1S/C24H23BrN4O4/c1-2-16-6-8-18-20(14-16)26-27-29(22(18)30)11-4-3-10-28-21-15-17(25)7-9-19(21)24(23(28)31)32-12-5-13-33-24/h2,6-9,14-15H,1,3-5,10-13H2. The van der Waals surface area contributed by atoms with Crippen LogP contribution in [0.1, 0.15) is 30.4 Å². The number of aromatic nitrogens is 3. The van der Waals surface area contributed by atoms with Crippen LogP contribution < -0.4 is 10.5 Å². The van der Waals surface area contributed by atoms with E-state index in [9.17, 15) is 9.59 Å². The molecule has 2 aliphatic rings. The van der Waals surface area contributed by atoms with Crippen LogP contribution in [0.25, 0.3) is 17.0 Å². The molecule has 3 aromatic rings. The average Bonchev–Trinajstić information content (AvgIpc) is 3.05. The predicted octanol–water partition coefficient (Wildman–Crippen LogP) is 3.61. The van der Waals surface area contributed by atoms with Crippen molar-refractivity contribution in [1.29, 1.82) is 0 Å². The molecule has 9 heteroatoms. The number of hydrogen-bond acceptors (Lipinski definition) is 6. The molecule has 2 aromatic carbocycles. The summed E-state index contributed by atoms with van der Waals surface area (Å²) in [5, 5.41) is 8.78. The molecule has 1 fully saturated rings. The number of anilines is 1. The number of hydrogen-bond donors (Lipinski definition) is 0. The number of rotatable bonds is 6. The van der Waals surface area contributed by atoms with Crippen molar-refractivity contribution >= 4 is 44.5 Å². The van der Waals surface area contributed by atoms with E-state index in [1.807, 2.05) is 24.3 Å². The fourth-order valence-corrected chi connectivity index (χ4v) is 4.69. The number of unbranched alkanes of at least 4 members (excludes halogenated alkanes) is 1. The van der Waals surface area contributed by atoms with E-state index >= 15 is 0 Å². The van der Waals surface area contributed by atoms with E-state index in [2.05, 4.69) is 32.8 Å². The highest BCUT2D eigenvalue weighted by Gasteiger charge is 2.54. The monoisotopic (exact) mass is 510 g/mol. The Balaban J connectivity index is 1.30. The van der Waals surface area contributed by atoms with Crippen LogP contribution in [0.15, 0.2) is 52.2 Å². The van der Waals surface area contributed by atoms with E-state index in [4.69, 9.17) is 9.47 Å². The van der Waals surface area contributed by atoms with E-state index in [1.54, 1.807) is 23.1 Å². The molecule has 0 atom stereocenters. The van der Waals surface area contributed by atoms with Gasteiger partial charge in [0.25, 0.3) is 17.3 Å². The summed E-state index contributed by atoms with van der Waals surface area (Å²) in [5.41, 5.74) is 2.80. The van der Waals surface area contributed by atoms with Crippen molar-refractivity contribution in [1.82, 2.24) is 15.0 Å². The van der Waals surface area contributed by atoms with Gasteiger partial charge < -0.3 is 14.4 Å². The maximum absolute atomic E-state index is 13.3. The van der Waals surface area contributed by atoms with Crippen LogP contribution in [0.4, 0.5) is 5.69 Å². The van der Waals surface area contributed by atoms with Crippen molar-refractivity contribution in [2.24, 2.45) is 0 Å². The second kappa shape index (κ2) is 8.81. The third kappa shape index (κ3) is 3.80. The lowest BCUT2D eigenvalue weighted by atomic mass is 10.1. The molecule has 0 radical (unpaired) electrons. The first-order valence-corrected chi connectivity index (χ1v) is 11.7. The van der Waals surface area contributed by atoms with Crippen molar-refractivity contribution in [3.8, 4) is 0 Å². The first-order chi connectivity index (χ1) is 16.0. The normalized spacial score (nSPS) is 17.0. The molecule has 0 N–H and O–H groups in total. The number of nitrogens with zero attached hydrogens (tertiary/aromatic N) is 4.